The van der Waals surface area contributed by atoms with E-state index in [9.17, 15) is 9.59 Å². The van der Waals surface area contributed by atoms with Crippen molar-refractivity contribution in [3.8, 4) is 0 Å². The van der Waals surface area contributed by atoms with E-state index in [-0.39, 0.29) is 17.5 Å². The number of hydrogen-bond acceptors (Lipinski definition) is 4. The highest BCUT2D eigenvalue weighted by molar-refractivity contribution is 5.93. The summed E-state index contributed by atoms with van der Waals surface area (Å²) in [6, 6.07) is 11.5. The molecule has 1 aliphatic rings. The first-order chi connectivity index (χ1) is 12.7. The number of carbonyl (C=O) groups excluding carboxylic acids is 1. The molecule has 0 bridgehead atoms. The minimum atomic E-state index is -0.0197. The number of benzene rings is 1. The molecule has 6 heteroatoms. The Morgan fingerprint density at radius 2 is 1.96 bits per heavy atom. The zero-order valence-electron chi connectivity index (χ0n) is 14.7. The van der Waals surface area contributed by atoms with Gasteiger partial charge in [0.2, 0.25) is 0 Å². The Labute approximate surface area is 151 Å². The number of likely N-dealkylation sites (tertiary alicyclic amines) is 1. The summed E-state index contributed by atoms with van der Waals surface area (Å²) < 4.78 is 7.05. The van der Waals surface area contributed by atoms with Crippen molar-refractivity contribution in [2.75, 3.05) is 19.6 Å². The number of piperidine rings is 1. The van der Waals surface area contributed by atoms with Gasteiger partial charge in [0.1, 0.15) is 0 Å². The maximum absolute atomic E-state index is 12.3. The molecule has 4 rings (SSSR count). The van der Waals surface area contributed by atoms with Gasteiger partial charge in [-0.15, -0.1) is 0 Å². The summed E-state index contributed by atoms with van der Waals surface area (Å²) in [6.45, 7) is 2.80. The van der Waals surface area contributed by atoms with Crippen molar-refractivity contribution in [3.05, 3.63) is 58.9 Å². The number of nitrogens with zero attached hydrogens (tertiary/aromatic N) is 2. The third kappa shape index (κ3) is 3.37. The standard InChI is InChI=1S/C20H23N3O3/c24-18(19-8-4-14-26-19)7-3-11-22-12-9-15(10-13-22)23-17-6-2-1-5-16(17)21-20(23)25/h1-2,4-6,8,14-15H,3,7,9-13H2,(H,21,25). The Kier molecular flexibility index (Phi) is 4.75. The van der Waals surface area contributed by atoms with Crippen LogP contribution in [0.25, 0.3) is 11.0 Å². The molecule has 0 spiro atoms. The van der Waals surface area contributed by atoms with Gasteiger partial charge in [-0.25, -0.2) is 4.79 Å². The van der Waals surface area contributed by atoms with Gasteiger partial charge >= 0.3 is 5.69 Å². The van der Waals surface area contributed by atoms with Crippen LogP contribution in [0.1, 0.15) is 42.3 Å². The predicted octanol–water partition coefficient (Wildman–Crippen LogP) is 3.22. The zero-order chi connectivity index (χ0) is 17.9. The van der Waals surface area contributed by atoms with Crippen molar-refractivity contribution in [2.24, 2.45) is 0 Å². The second kappa shape index (κ2) is 7.33. The summed E-state index contributed by atoms with van der Waals surface area (Å²) in [6.07, 6.45) is 4.78. The topological polar surface area (TPSA) is 71.2 Å². The number of furan rings is 1. The Bertz CT molecular complexity index is 931. The smallest absolute Gasteiger partial charge is 0.326 e. The molecule has 0 saturated carbocycles. The molecule has 3 aromatic rings. The van der Waals surface area contributed by atoms with E-state index in [1.165, 1.54) is 6.26 Å². The van der Waals surface area contributed by atoms with Crippen molar-refractivity contribution in [3.63, 3.8) is 0 Å². The fraction of sp³-hybridized carbons (Fsp3) is 0.400. The first-order valence-electron chi connectivity index (χ1n) is 9.20. The van der Waals surface area contributed by atoms with E-state index in [2.05, 4.69) is 9.88 Å². The van der Waals surface area contributed by atoms with Gasteiger partial charge < -0.3 is 14.3 Å². The Hall–Kier alpha value is -2.60. The SMILES string of the molecule is O=C(CCCN1CCC(n2c(=O)[nH]c3ccccc32)CC1)c1ccco1. The van der Waals surface area contributed by atoms with Gasteiger partial charge in [-0.1, -0.05) is 12.1 Å². The third-order valence-electron chi connectivity index (χ3n) is 5.22. The molecule has 1 aliphatic heterocycles. The van der Waals surface area contributed by atoms with Crippen LogP contribution >= 0.6 is 0 Å². The molecular weight excluding hydrogens is 330 g/mol. The summed E-state index contributed by atoms with van der Waals surface area (Å²) in [7, 11) is 0. The number of hydrogen-bond donors (Lipinski definition) is 1. The molecule has 1 fully saturated rings. The predicted molar refractivity (Wildman–Crippen MR) is 99.5 cm³/mol. The van der Waals surface area contributed by atoms with Crippen molar-refractivity contribution >= 4 is 16.8 Å². The molecule has 0 unspecified atom stereocenters. The van der Waals surface area contributed by atoms with Crippen LogP contribution < -0.4 is 5.69 Å². The van der Waals surface area contributed by atoms with Crippen molar-refractivity contribution < 1.29 is 9.21 Å². The first kappa shape index (κ1) is 16.8. The fourth-order valence-corrected chi connectivity index (χ4v) is 3.86. The number of fused-ring (bicyclic) bond motifs is 1. The summed E-state index contributed by atoms with van der Waals surface area (Å²) in [5, 5.41) is 0. The normalized spacial score (nSPS) is 16.3. The van der Waals surface area contributed by atoms with E-state index in [1.807, 2.05) is 28.8 Å². The van der Waals surface area contributed by atoms with Crippen LogP contribution in [0.3, 0.4) is 0 Å². The highest BCUT2D eigenvalue weighted by atomic mass is 16.3. The van der Waals surface area contributed by atoms with Crippen molar-refractivity contribution in [1.82, 2.24) is 14.5 Å². The number of imidazole rings is 1. The molecule has 136 valence electrons. The third-order valence-corrected chi connectivity index (χ3v) is 5.22. The Morgan fingerprint density at radius 1 is 1.15 bits per heavy atom. The second-order valence-corrected chi connectivity index (χ2v) is 6.89. The van der Waals surface area contributed by atoms with E-state index >= 15 is 0 Å². The lowest BCUT2D eigenvalue weighted by atomic mass is 10.0. The average Bonchev–Trinajstić information content (AvgIpc) is 3.29. The highest BCUT2D eigenvalue weighted by Gasteiger charge is 2.23. The van der Waals surface area contributed by atoms with Gasteiger partial charge in [0, 0.05) is 25.6 Å². The first-order valence-corrected chi connectivity index (χ1v) is 9.20. The van der Waals surface area contributed by atoms with E-state index in [0.29, 0.717) is 12.2 Å². The molecule has 2 aromatic heterocycles. The van der Waals surface area contributed by atoms with Crippen LogP contribution in [0.2, 0.25) is 0 Å². The van der Waals surface area contributed by atoms with Gasteiger partial charge in [0.25, 0.3) is 0 Å². The number of para-hydroxylation sites is 2. The number of ketones is 1. The molecule has 0 aliphatic carbocycles. The van der Waals surface area contributed by atoms with Crippen LogP contribution in [-0.2, 0) is 0 Å². The number of aromatic amines is 1. The molecule has 1 N–H and O–H groups in total. The minimum Gasteiger partial charge on any atom is -0.461 e. The zero-order valence-corrected chi connectivity index (χ0v) is 14.7. The Balaban J connectivity index is 1.31. The van der Waals surface area contributed by atoms with Gasteiger partial charge in [-0.2, -0.15) is 0 Å². The second-order valence-electron chi connectivity index (χ2n) is 6.89. The average molecular weight is 353 g/mol. The van der Waals surface area contributed by atoms with Gasteiger partial charge in [-0.05, 0) is 50.1 Å². The largest absolute Gasteiger partial charge is 0.461 e. The van der Waals surface area contributed by atoms with Gasteiger partial charge in [0.15, 0.2) is 11.5 Å². The van der Waals surface area contributed by atoms with E-state index < -0.39 is 0 Å². The van der Waals surface area contributed by atoms with Crippen molar-refractivity contribution in [1.29, 1.82) is 0 Å². The number of rotatable bonds is 6. The Morgan fingerprint density at radius 3 is 2.73 bits per heavy atom. The van der Waals surface area contributed by atoms with Crippen LogP contribution in [0, 0.1) is 0 Å². The molecule has 0 amide bonds. The van der Waals surface area contributed by atoms with E-state index in [1.54, 1.807) is 12.1 Å². The lowest BCUT2D eigenvalue weighted by Crippen LogP contribution is -2.37. The van der Waals surface area contributed by atoms with Gasteiger partial charge in [-0.3, -0.25) is 9.36 Å². The summed E-state index contributed by atoms with van der Waals surface area (Å²) in [4.78, 5) is 29.6. The van der Waals surface area contributed by atoms with Crippen LogP contribution in [-0.4, -0.2) is 39.9 Å². The van der Waals surface area contributed by atoms with Crippen LogP contribution in [0.15, 0.2) is 51.9 Å². The van der Waals surface area contributed by atoms with Crippen LogP contribution in [0.5, 0.6) is 0 Å². The molecule has 0 radical (unpaired) electrons. The number of aromatic nitrogens is 2. The lowest BCUT2D eigenvalue weighted by Gasteiger charge is -2.32. The quantitative estimate of drug-likeness (QED) is 0.691. The molecule has 26 heavy (non-hydrogen) atoms. The van der Waals surface area contributed by atoms with Gasteiger partial charge in [0.05, 0.1) is 17.3 Å². The fourth-order valence-electron chi connectivity index (χ4n) is 3.86. The molecule has 1 aromatic carbocycles. The van der Waals surface area contributed by atoms with Crippen molar-refractivity contribution in [2.45, 2.75) is 31.7 Å². The van der Waals surface area contributed by atoms with Crippen LogP contribution in [0.4, 0.5) is 0 Å². The number of carbonyl (C=O) groups is 1. The molecular formula is C20H23N3O3. The number of Topliss-reactive ketones (excluding diaryl/α,β-unsaturated/α-hetero) is 1. The number of nitrogens with one attached hydrogen (secondary N) is 1. The maximum atomic E-state index is 12.3. The molecule has 6 nitrogen and oxygen atoms in total. The lowest BCUT2D eigenvalue weighted by molar-refractivity contribution is 0.0944. The number of H-pyrrole nitrogens is 1. The minimum absolute atomic E-state index is 0.0197. The van der Waals surface area contributed by atoms with E-state index in [0.717, 1.165) is 49.9 Å². The molecule has 3 heterocycles. The summed E-state index contributed by atoms with van der Waals surface area (Å²) in [5.41, 5.74) is 1.87. The monoisotopic (exact) mass is 353 g/mol. The summed E-state index contributed by atoms with van der Waals surface area (Å²) >= 11 is 0. The van der Waals surface area contributed by atoms with E-state index in [4.69, 9.17) is 4.42 Å². The highest BCUT2D eigenvalue weighted by Crippen LogP contribution is 2.25. The molecule has 1 saturated heterocycles. The summed E-state index contributed by atoms with van der Waals surface area (Å²) in [5.74, 6) is 0.512. The molecule has 0 atom stereocenters. The maximum Gasteiger partial charge on any atom is 0.326 e.